The second-order valence-corrected chi connectivity index (χ2v) is 25.3. The van der Waals surface area contributed by atoms with Crippen LogP contribution in [0.1, 0.15) is 141 Å². The number of allylic oxidation sites excluding steroid dienone is 6. The van der Waals surface area contributed by atoms with Crippen LogP contribution in [0.15, 0.2) is 72.4 Å². The van der Waals surface area contributed by atoms with Crippen LogP contribution in [0.25, 0.3) is 0 Å². The molecule has 25 nitrogen and oxygen atoms in total. The van der Waals surface area contributed by atoms with E-state index in [0.717, 1.165) is 10.5 Å². The maximum Gasteiger partial charge on any atom is 0.407 e. The number of carbonyl (C=O) groups excluding carboxylic acids is 7. The van der Waals surface area contributed by atoms with Crippen molar-refractivity contribution in [2.24, 2.45) is 35.3 Å². The molecular weight excluding hydrogens is 1170 g/mol. The predicted molar refractivity (Wildman–Crippen MR) is 337 cm³/mol. The van der Waals surface area contributed by atoms with Gasteiger partial charge >= 0.3 is 12.1 Å². The number of aromatic nitrogens is 4. The van der Waals surface area contributed by atoms with Gasteiger partial charge in [-0.05, 0) is 108 Å². The molecule has 4 aliphatic heterocycles. The second-order valence-electron chi connectivity index (χ2n) is 25.3. The number of aliphatic hydroxyl groups excluding tert-OH is 2. The van der Waals surface area contributed by atoms with Gasteiger partial charge in [0.2, 0.25) is 17.7 Å². The molecule has 2 aromatic heterocycles. The van der Waals surface area contributed by atoms with Crippen LogP contribution in [0.4, 0.5) is 16.7 Å². The highest BCUT2D eigenvalue weighted by atomic mass is 16.6. The Balaban J connectivity index is 1.01. The molecule has 25 heteroatoms. The Bertz CT molecular complexity index is 2940. The Kier molecular flexibility index (Phi) is 26.4. The third-order valence-electron chi connectivity index (χ3n) is 18.4. The number of Topliss-reactive ketones (excluding diaryl/α,β-unsaturated/α-hetero) is 3. The minimum absolute atomic E-state index is 0.00270. The summed E-state index contributed by atoms with van der Waals surface area (Å²) in [7, 11) is 3.07. The molecule has 15 atom stereocenters. The van der Waals surface area contributed by atoms with Gasteiger partial charge in [-0.15, -0.1) is 0 Å². The number of nitrogens with one attached hydrogen (secondary N) is 2. The molecule has 91 heavy (non-hydrogen) atoms. The van der Waals surface area contributed by atoms with E-state index >= 15 is 0 Å². The normalized spacial score (nSPS) is 33.0. The van der Waals surface area contributed by atoms with Gasteiger partial charge in [-0.1, -0.05) is 64.2 Å². The fraction of sp³-hybridized carbons (Fsp3) is 0.652. The van der Waals surface area contributed by atoms with Crippen LogP contribution < -0.4 is 26.2 Å². The molecule has 3 saturated heterocycles. The topological polar surface area (TPSA) is 338 Å². The Morgan fingerprint density at radius 3 is 2.10 bits per heavy atom. The number of fused-ring (bicyclic) bond motifs is 3. The van der Waals surface area contributed by atoms with Crippen molar-refractivity contribution in [3.8, 4) is 0 Å². The van der Waals surface area contributed by atoms with Crippen molar-refractivity contribution in [3.05, 3.63) is 83.5 Å². The summed E-state index contributed by atoms with van der Waals surface area (Å²) < 4.78 is 30.0. The highest BCUT2D eigenvalue weighted by Crippen LogP contribution is 2.38. The highest BCUT2D eigenvalue weighted by Gasteiger charge is 2.53. The molecule has 0 spiro atoms. The molecule has 0 unspecified atom stereocenters. The van der Waals surface area contributed by atoms with Crippen LogP contribution in [0.5, 0.6) is 0 Å². The molecule has 7 rings (SSSR count). The van der Waals surface area contributed by atoms with Gasteiger partial charge in [-0.2, -0.15) is 0 Å². The summed E-state index contributed by atoms with van der Waals surface area (Å²) in [5.41, 5.74) is 9.07. The lowest BCUT2D eigenvalue weighted by Crippen LogP contribution is -2.61. The molecule has 0 aromatic carbocycles. The molecule has 7 N–H and O–H groups in total. The first-order valence-electron chi connectivity index (χ1n) is 32.2. The maximum absolute atomic E-state index is 14.6. The molecule has 3 amide bonds. The van der Waals surface area contributed by atoms with Crippen molar-refractivity contribution < 1.29 is 72.6 Å². The summed E-state index contributed by atoms with van der Waals surface area (Å²) in [5, 5.41) is 40.0. The van der Waals surface area contributed by atoms with Gasteiger partial charge < -0.3 is 70.1 Å². The molecular formula is C66H96N10O15. The van der Waals surface area contributed by atoms with Crippen molar-refractivity contribution in [1.29, 1.82) is 0 Å². The number of anilines is 2. The molecule has 2 bridgehead atoms. The van der Waals surface area contributed by atoms with Gasteiger partial charge in [0, 0.05) is 127 Å². The van der Waals surface area contributed by atoms with E-state index in [9.17, 15) is 48.9 Å². The molecule has 0 radical (unpaired) electrons. The summed E-state index contributed by atoms with van der Waals surface area (Å²) in [5.74, 6) is -8.42. The third kappa shape index (κ3) is 19.1. The molecule has 1 saturated carbocycles. The number of carbonyl (C=O) groups is 7. The van der Waals surface area contributed by atoms with E-state index < -0.39 is 120 Å². The summed E-state index contributed by atoms with van der Waals surface area (Å²) in [6.45, 7) is 15.1. The standard InChI is InChI=1S/C66H96N10O15/c1-10-68-60(82)47-37-71-64(72-38-47)75-26-24-74(25-27-75)63-69-34-46(35-70-63)36-73-65(85)90-52-22-20-45(31-55(52)88-9)30-49(67)54-33-51(77)41(4)29-43(6)57(79)58(80)56(78)42(5)28-39(2)16-12-11-13-17-40(3)53(87-8)32-48-21-19-44(7)66(86,91-48)59(81)61(83)76-23-15-14-18-50(76)62(84)89-54/h11-13,16-17,29,34-35,37-39,41-42,44-45,48-50,52-55,57-58,79-80,86H,10,14-15,18-28,30-33,36,67H2,1-9H3,(H,68,82)(H,73,85)/b13-11+,16-12+,40-17+,43-29+/t39-,41-,42-,44-,45+,48+,49-,50+,52-,53+,54+,55-,57-,58+,66-/m1/s1. The maximum atomic E-state index is 14.6. The zero-order chi connectivity index (χ0) is 66.1. The summed E-state index contributed by atoms with van der Waals surface area (Å²) in [6.07, 6.45) is 13.1. The van der Waals surface area contributed by atoms with Gasteiger partial charge in [0.1, 0.15) is 36.2 Å². The van der Waals surface area contributed by atoms with Gasteiger partial charge in [0.05, 0.1) is 23.9 Å². The summed E-state index contributed by atoms with van der Waals surface area (Å²) in [4.78, 5) is 120. The Hall–Kier alpha value is -6.87. The van der Waals surface area contributed by atoms with E-state index in [1.807, 2.05) is 61.0 Å². The van der Waals surface area contributed by atoms with Crippen LogP contribution in [-0.2, 0) is 54.2 Å². The average Bonchev–Trinajstić information content (AvgIpc) is 0.859. The minimum Gasteiger partial charge on any atom is -0.459 e. The smallest absolute Gasteiger partial charge is 0.407 e. The zero-order valence-electron chi connectivity index (χ0n) is 54.2. The van der Waals surface area contributed by atoms with Crippen LogP contribution in [0.2, 0.25) is 0 Å². The van der Waals surface area contributed by atoms with Crippen molar-refractivity contribution in [1.82, 2.24) is 35.5 Å². The fourth-order valence-electron chi connectivity index (χ4n) is 12.7. The second kappa shape index (κ2) is 33.6. The number of esters is 1. The first-order chi connectivity index (χ1) is 43.4. The lowest BCUT2D eigenvalue weighted by molar-refractivity contribution is -0.265. The van der Waals surface area contributed by atoms with E-state index in [4.69, 9.17) is 29.4 Å². The SMILES string of the molecule is CCNC(=O)c1cnc(N2CCN(c3ncc(CNC(=O)O[C@@H]4CC[C@@H](C[C@@H](N)[C@@H]5CC(=O)[C@H](C)/C=C(\C)[C@@H](O)[C@@H](O)C(=O)[C@H](C)C[C@H](C)/C=C/C=C/C=C(\C)[C@@H](OC)C[C@@H]6CC[C@@H](C)[C@@](O)(O6)C(=O)C(=O)N6CCCC[C@H]6C(=O)O5)C[C@H]4OC)cn3)CC2)nc1. The number of hydrogen-bond donors (Lipinski definition) is 6. The number of nitrogens with zero attached hydrogens (tertiary/aromatic N) is 7. The van der Waals surface area contributed by atoms with E-state index in [0.29, 0.717) is 107 Å². The Morgan fingerprint density at radius 2 is 1.45 bits per heavy atom. The number of hydrogen-bond acceptors (Lipinski definition) is 22. The predicted octanol–water partition coefficient (Wildman–Crippen LogP) is 4.81. The molecule has 1 aliphatic carbocycles. The number of alkyl carbamates (subject to hydrolysis) is 1. The van der Waals surface area contributed by atoms with Gasteiger partial charge in [0.15, 0.2) is 5.78 Å². The first kappa shape index (κ1) is 71.6. The number of cyclic esters (lactones) is 1. The lowest BCUT2D eigenvalue weighted by atomic mass is 9.80. The van der Waals surface area contributed by atoms with Gasteiger partial charge in [0.25, 0.3) is 17.6 Å². The van der Waals surface area contributed by atoms with Crippen LogP contribution >= 0.6 is 0 Å². The van der Waals surface area contributed by atoms with E-state index in [2.05, 4.69) is 30.6 Å². The highest BCUT2D eigenvalue weighted by molar-refractivity contribution is 6.39. The summed E-state index contributed by atoms with van der Waals surface area (Å²) in [6, 6.07) is -2.24. The van der Waals surface area contributed by atoms with E-state index in [1.165, 1.54) is 32.5 Å². The zero-order valence-corrected chi connectivity index (χ0v) is 54.2. The van der Waals surface area contributed by atoms with Crippen LogP contribution in [-0.4, -0.2) is 195 Å². The monoisotopic (exact) mass is 1270 g/mol. The number of piperidine rings is 1. The lowest BCUT2D eigenvalue weighted by Gasteiger charge is -2.42. The van der Waals surface area contributed by atoms with Crippen molar-refractivity contribution in [3.63, 3.8) is 0 Å². The molecule has 6 heterocycles. The average molecular weight is 1270 g/mol. The quantitative estimate of drug-likeness (QED) is 0.0943. The number of aliphatic hydroxyl groups is 3. The number of amides is 3. The van der Waals surface area contributed by atoms with Gasteiger partial charge in [-0.3, -0.25) is 24.0 Å². The van der Waals surface area contributed by atoms with Gasteiger partial charge in [-0.25, -0.2) is 29.5 Å². The molecule has 4 fully saturated rings. The van der Waals surface area contributed by atoms with Crippen molar-refractivity contribution in [2.75, 3.05) is 63.3 Å². The van der Waals surface area contributed by atoms with E-state index in [1.54, 1.807) is 40.3 Å². The number of rotatable bonds is 12. The third-order valence-corrected chi connectivity index (χ3v) is 18.4. The van der Waals surface area contributed by atoms with Crippen LogP contribution in [0.3, 0.4) is 0 Å². The van der Waals surface area contributed by atoms with Crippen molar-refractivity contribution >= 4 is 53.1 Å². The largest absolute Gasteiger partial charge is 0.459 e. The van der Waals surface area contributed by atoms with Crippen LogP contribution in [0, 0.1) is 29.6 Å². The number of ketones is 3. The van der Waals surface area contributed by atoms with Crippen molar-refractivity contribution in [2.45, 2.75) is 193 Å². The fourth-order valence-corrected chi connectivity index (χ4v) is 12.7. The number of ether oxygens (including phenoxy) is 5. The number of nitrogens with two attached hydrogens (primary N) is 1. The molecule has 2 aromatic rings. The molecule has 500 valence electrons. The first-order valence-corrected chi connectivity index (χ1v) is 32.2. The molecule has 5 aliphatic rings. The number of methoxy groups -OCH3 is 2. The summed E-state index contributed by atoms with van der Waals surface area (Å²) >= 11 is 0. The minimum atomic E-state index is -2.50. The number of piperazine rings is 1. The Morgan fingerprint density at radius 1 is 0.780 bits per heavy atom. The van der Waals surface area contributed by atoms with E-state index in [-0.39, 0.29) is 55.7 Å². The Labute approximate surface area is 534 Å².